The van der Waals surface area contributed by atoms with Crippen molar-refractivity contribution in [2.45, 2.75) is 6.04 Å². The first-order valence-electron chi connectivity index (χ1n) is 5.63. The number of carbonyl (C=O) groups excluding carboxylic acids is 1. The molecule has 3 rings (SSSR count). The van der Waals surface area contributed by atoms with E-state index in [2.05, 4.69) is 10.6 Å². The first kappa shape index (κ1) is 13.6. The number of benzene rings is 1. The van der Waals surface area contributed by atoms with E-state index in [0.717, 1.165) is 19.2 Å². The van der Waals surface area contributed by atoms with Gasteiger partial charge in [0.05, 0.1) is 10.6 Å². The monoisotopic (exact) mass is 290 g/mol. The smallest absolute Gasteiger partial charge is 0.253 e. The van der Waals surface area contributed by atoms with E-state index in [9.17, 15) is 9.18 Å². The highest BCUT2D eigenvalue weighted by Crippen LogP contribution is 2.41. The summed E-state index contributed by atoms with van der Waals surface area (Å²) in [7, 11) is 0. The molecular weight excluding hydrogens is 278 g/mol. The summed E-state index contributed by atoms with van der Waals surface area (Å²) in [6, 6.07) is 4.08. The Morgan fingerprint density at radius 2 is 2.06 bits per heavy atom. The van der Waals surface area contributed by atoms with E-state index in [1.165, 1.54) is 12.1 Å². The van der Waals surface area contributed by atoms with E-state index in [-0.39, 0.29) is 29.4 Å². The van der Waals surface area contributed by atoms with Crippen LogP contribution < -0.4 is 10.6 Å². The van der Waals surface area contributed by atoms with Crippen molar-refractivity contribution in [3.63, 3.8) is 0 Å². The predicted molar refractivity (Wildman–Crippen MR) is 69.8 cm³/mol. The lowest BCUT2D eigenvalue weighted by Gasteiger charge is -2.08. The lowest BCUT2D eigenvalue weighted by atomic mass is 10.2. The molecule has 2 aliphatic rings. The highest BCUT2D eigenvalue weighted by Gasteiger charge is 2.53. The van der Waals surface area contributed by atoms with Crippen molar-refractivity contribution < 1.29 is 9.18 Å². The fourth-order valence-corrected chi connectivity index (χ4v) is 2.79. The van der Waals surface area contributed by atoms with E-state index in [4.69, 9.17) is 11.6 Å². The summed E-state index contributed by atoms with van der Waals surface area (Å²) in [6.07, 6.45) is 0. The molecule has 1 amide bonds. The maximum Gasteiger partial charge on any atom is 0.253 e. The van der Waals surface area contributed by atoms with E-state index in [0.29, 0.717) is 17.4 Å². The van der Waals surface area contributed by atoms with Crippen molar-refractivity contribution in [1.82, 2.24) is 10.6 Å². The second-order valence-electron chi connectivity index (χ2n) is 4.61. The Hall–Kier alpha value is -0.840. The molecule has 2 N–H and O–H groups in total. The maximum atomic E-state index is 12.8. The summed E-state index contributed by atoms with van der Waals surface area (Å²) >= 11 is 5.84. The molecule has 6 heteroatoms. The van der Waals surface area contributed by atoms with Gasteiger partial charge >= 0.3 is 0 Å². The third-order valence-electron chi connectivity index (χ3n) is 3.57. The fraction of sp³-hybridized carbons (Fsp3) is 0.417. The van der Waals surface area contributed by atoms with Gasteiger partial charge in [-0.2, -0.15) is 0 Å². The molecule has 0 aromatic heterocycles. The van der Waals surface area contributed by atoms with Gasteiger partial charge in [0.25, 0.3) is 5.91 Å². The molecule has 3 nitrogen and oxygen atoms in total. The number of carbonyl (C=O) groups is 1. The van der Waals surface area contributed by atoms with Gasteiger partial charge in [0, 0.05) is 19.1 Å². The van der Waals surface area contributed by atoms with Crippen molar-refractivity contribution in [3.8, 4) is 0 Å². The Balaban J connectivity index is 0.00000120. The molecule has 2 atom stereocenters. The number of hydrogen-bond donors (Lipinski definition) is 2. The summed E-state index contributed by atoms with van der Waals surface area (Å²) in [5, 5.41) is 6.36. The molecule has 2 fully saturated rings. The normalized spacial score (nSPS) is 28.2. The third kappa shape index (κ3) is 2.32. The van der Waals surface area contributed by atoms with Gasteiger partial charge in [0.1, 0.15) is 5.82 Å². The highest BCUT2D eigenvalue weighted by atomic mass is 35.5. The van der Waals surface area contributed by atoms with Crippen LogP contribution in [0.4, 0.5) is 4.39 Å². The molecule has 0 radical (unpaired) electrons. The van der Waals surface area contributed by atoms with Crippen molar-refractivity contribution in [1.29, 1.82) is 0 Å². The summed E-state index contributed by atoms with van der Waals surface area (Å²) in [4.78, 5) is 11.9. The van der Waals surface area contributed by atoms with Gasteiger partial charge in [0.2, 0.25) is 0 Å². The standard InChI is InChI=1S/C12H12ClFN2O.ClH/c13-10-3-6(14)1-2-7(10)12(17)16-11-8-4-15-5-9(8)11;/h1-3,8-9,11,15H,4-5H2,(H,16,17);1H. The molecule has 1 aromatic rings. The molecule has 1 heterocycles. The minimum absolute atomic E-state index is 0. The van der Waals surface area contributed by atoms with Crippen LogP contribution in [0.3, 0.4) is 0 Å². The molecule has 2 unspecified atom stereocenters. The lowest BCUT2D eigenvalue weighted by Crippen LogP contribution is -2.32. The van der Waals surface area contributed by atoms with Crippen molar-refractivity contribution in [2.24, 2.45) is 11.8 Å². The number of amides is 1. The lowest BCUT2D eigenvalue weighted by molar-refractivity contribution is 0.0946. The number of halogens is 3. The maximum absolute atomic E-state index is 12.8. The van der Waals surface area contributed by atoms with E-state index in [1.807, 2.05) is 0 Å². The van der Waals surface area contributed by atoms with Crippen molar-refractivity contribution >= 4 is 29.9 Å². The summed E-state index contributed by atoms with van der Waals surface area (Å²) in [6.45, 7) is 1.93. The van der Waals surface area contributed by atoms with Crippen LogP contribution in [0.1, 0.15) is 10.4 Å². The Morgan fingerprint density at radius 1 is 1.39 bits per heavy atom. The largest absolute Gasteiger partial charge is 0.349 e. The highest BCUT2D eigenvalue weighted by molar-refractivity contribution is 6.33. The molecule has 1 saturated carbocycles. The molecule has 1 saturated heterocycles. The van der Waals surface area contributed by atoms with Crippen LogP contribution in [0.25, 0.3) is 0 Å². The number of hydrogen-bond acceptors (Lipinski definition) is 2. The van der Waals surface area contributed by atoms with E-state index >= 15 is 0 Å². The van der Waals surface area contributed by atoms with Gasteiger partial charge in [-0.25, -0.2) is 4.39 Å². The molecule has 1 aliphatic heterocycles. The topological polar surface area (TPSA) is 41.1 Å². The summed E-state index contributed by atoms with van der Waals surface area (Å²) in [5.74, 6) is 0.463. The van der Waals surface area contributed by atoms with Crippen LogP contribution in [0.2, 0.25) is 5.02 Å². The number of piperidine rings is 1. The minimum Gasteiger partial charge on any atom is -0.349 e. The average molecular weight is 291 g/mol. The zero-order valence-electron chi connectivity index (χ0n) is 9.45. The van der Waals surface area contributed by atoms with Gasteiger partial charge in [-0.05, 0) is 30.0 Å². The van der Waals surface area contributed by atoms with Gasteiger partial charge < -0.3 is 10.6 Å². The third-order valence-corrected chi connectivity index (χ3v) is 3.88. The Labute approximate surface area is 115 Å². The number of rotatable bonds is 2. The van der Waals surface area contributed by atoms with E-state index < -0.39 is 5.82 Å². The molecule has 98 valence electrons. The molecular formula is C12H13Cl2FN2O. The quantitative estimate of drug-likeness (QED) is 0.873. The second kappa shape index (κ2) is 5.03. The van der Waals surface area contributed by atoms with Crippen LogP contribution in [-0.2, 0) is 0 Å². The first-order valence-corrected chi connectivity index (χ1v) is 6.01. The van der Waals surface area contributed by atoms with Crippen LogP contribution in [0.5, 0.6) is 0 Å². The van der Waals surface area contributed by atoms with Crippen LogP contribution in [-0.4, -0.2) is 25.0 Å². The predicted octanol–water partition coefficient (Wildman–Crippen LogP) is 1.85. The van der Waals surface area contributed by atoms with Gasteiger partial charge in [-0.3, -0.25) is 4.79 Å². The molecule has 1 aromatic carbocycles. The van der Waals surface area contributed by atoms with Gasteiger partial charge in [0.15, 0.2) is 0 Å². The number of nitrogens with one attached hydrogen (secondary N) is 2. The first-order chi connectivity index (χ1) is 8.16. The minimum atomic E-state index is -0.431. The summed E-state index contributed by atoms with van der Waals surface area (Å²) < 4.78 is 12.8. The molecule has 0 spiro atoms. The molecule has 0 bridgehead atoms. The Morgan fingerprint density at radius 3 is 2.67 bits per heavy atom. The summed E-state index contributed by atoms with van der Waals surface area (Å²) in [5.41, 5.74) is 0.339. The molecule has 1 aliphatic carbocycles. The zero-order chi connectivity index (χ0) is 12.0. The average Bonchev–Trinajstić information content (AvgIpc) is 2.74. The SMILES string of the molecule is Cl.O=C(NC1C2CNCC21)c1ccc(F)cc1Cl. The molecule has 18 heavy (non-hydrogen) atoms. The van der Waals surface area contributed by atoms with Crippen LogP contribution >= 0.6 is 24.0 Å². The van der Waals surface area contributed by atoms with Crippen molar-refractivity contribution in [3.05, 3.63) is 34.6 Å². The number of fused-ring (bicyclic) bond motifs is 1. The van der Waals surface area contributed by atoms with Crippen molar-refractivity contribution in [2.75, 3.05) is 13.1 Å². The second-order valence-corrected chi connectivity index (χ2v) is 5.02. The van der Waals surface area contributed by atoms with Crippen LogP contribution in [0.15, 0.2) is 18.2 Å². The zero-order valence-corrected chi connectivity index (χ0v) is 11.0. The van der Waals surface area contributed by atoms with Crippen LogP contribution in [0, 0.1) is 17.7 Å². The fourth-order valence-electron chi connectivity index (χ4n) is 2.54. The Bertz CT molecular complexity index is 473. The van der Waals surface area contributed by atoms with Gasteiger partial charge in [-0.15, -0.1) is 12.4 Å². The van der Waals surface area contributed by atoms with Gasteiger partial charge in [-0.1, -0.05) is 11.6 Å². The Kier molecular flexibility index (Phi) is 3.80. The van der Waals surface area contributed by atoms with E-state index in [1.54, 1.807) is 0 Å².